The molecular formula is C16H26O2. The van der Waals surface area contributed by atoms with E-state index in [-0.39, 0.29) is 5.41 Å². The van der Waals surface area contributed by atoms with Crippen LogP contribution in [0.15, 0.2) is 11.6 Å². The quantitative estimate of drug-likeness (QED) is 0.706. The fourth-order valence-electron chi connectivity index (χ4n) is 4.07. The van der Waals surface area contributed by atoms with Crippen molar-refractivity contribution in [3.63, 3.8) is 0 Å². The van der Waals surface area contributed by atoms with E-state index in [2.05, 4.69) is 33.8 Å². The number of hydrogen-bond donors (Lipinski definition) is 1. The second-order valence-corrected chi connectivity index (χ2v) is 7.38. The summed E-state index contributed by atoms with van der Waals surface area (Å²) in [5.74, 6) is 0.322. The number of carboxylic acids is 1. The van der Waals surface area contributed by atoms with Gasteiger partial charge < -0.3 is 5.11 Å². The lowest BCUT2D eigenvalue weighted by Gasteiger charge is -2.40. The van der Waals surface area contributed by atoms with E-state index in [0.717, 1.165) is 32.1 Å². The molecule has 0 saturated heterocycles. The van der Waals surface area contributed by atoms with E-state index in [1.807, 2.05) is 0 Å². The first-order valence-corrected chi connectivity index (χ1v) is 7.16. The first-order valence-electron chi connectivity index (χ1n) is 7.16. The molecule has 0 aliphatic heterocycles. The van der Waals surface area contributed by atoms with Crippen LogP contribution in [-0.4, -0.2) is 11.1 Å². The Morgan fingerprint density at radius 1 is 1.44 bits per heavy atom. The fourth-order valence-corrected chi connectivity index (χ4v) is 4.07. The Kier molecular flexibility index (Phi) is 3.33. The van der Waals surface area contributed by atoms with Crippen molar-refractivity contribution in [2.45, 2.75) is 59.8 Å². The van der Waals surface area contributed by atoms with Crippen molar-refractivity contribution in [3.05, 3.63) is 11.6 Å². The van der Waals surface area contributed by atoms with Crippen LogP contribution < -0.4 is 0 Å². The molecule has 0 heterocycles. The van der Waals surface area contributed by atoms with Gasteiger partial charge in [0.15, 0.2) is 0 Å². The van der Waals surface area contributed by atoms with Gasteiger partial charge in [-0.15, -0.1) is 0 Å². The lowest BCUT2D eigenvalue weighted by atomic mass is 9.63. The van der Waals surface area contributed by atoms with Gasteiger partial charge in [0.1, 0.15) is 0 Å². The summed E-state index contributed by atoms with van der Waals surface area (Å²) >= 11 is 0. The van der Waals surface area contributed by atoms with Crippen molar-refractivity contribution in [1.82, 2.24) is 0 Å². The third kappa shape index (κ3) is 2.22. The SMILES string of the molecule is C/C1=C/CC(C)(C)C[C@H]2[C@H](C)CC[C@]2(C(=O)O)C1. The molecule has 2 aliphatic rings. The van der Waals surface area contributed by atoms with Crippen LogP contribution in [0.2, 0.25) is 0 Å². The lowest BCUT2D eigenvalue weighted by Crippen LogP contribution is -2.39. The number of carboxylic acid groups (broad SMARTS) is 1. The van der Waals surface area contributed by atoms with Crippen LogP contribution >= 0.6 is 0 Å². The van der Waals surface area contributed by atoms with Crippen LogP contribution in [-0.2, 0) is 4.79 Å². The van der Waals surface area contributed by atoms with Crippen LogP contribution in [0.4, 0.5) is 0 Å². The number of hydrogen-bond acceptors (Lipinski definition) is 1. The Labute approximate surface area is 110 Å². The van der Waals surface area contributed by atoms with Crippen molar-refractivity contribution < 1.29 is 9.90 Å². The van der Waals surface area contributed by atoms with Gasteiger partial charge in [-0.2, -0.15) is 0 Å². The molecule has 0 aromatic rings. The van der Waals surface area contributed by atoms with E-state index in [0.29, 0.717) is 11.8 Å². The van der Waals surface area contributed by atoms with Gasteiger partial charge in [0.25, 0.3) is 0 Å². The second kappa shape index (κ2) is 4.40. The Balaban J connectivity index is 2.44. The van der Waals surface area contributed by atoms with E-state index >= 15 is 0 Å². The lowest BCUT2D eigenvalue weighted by molar-refractivity contribution is -0.152. The smallest absolute Gasteiger partial charge is 0.310 e. The summed E-state index contributed by atoms with van der Waals surface area (Å²) in [5.41, 5.74) is 1.01. The third-order valence-corrected chi connectivity index (χ3v) is 5.24. The summed E-state index contributed by atoms with van der Waals surface area (Å²) in [6.07, 6.45) is 7.08. The number of rotatable bonds is 1. The highest BCUT2D eigenvalue weighted by Gasteiger charge is 2.53. The number of carbonyl (C=O) groups is 1. The zero-order valence-electron chi connectivity index (χ0n) is 12.1. The topological polar surface area (TPSA) is 37.3 Å². The molecule has 0 bridgehead atoms. The average Bonchev–Trinajstić information content (AvgIpc) is 2.54. The molecule has 1 N–H and O–H groups in total. The van der Waals surface area contributed by atoms with E-state index < -0.39 is 11.4 Å². The largest absolute Gasteiger partial charge is 0.481 e. The molecule has 1 saturated carbocycles. The predicted molar refractivity (Wildman–Crippen MR) is 73.3 cm³/mol. The molecule has 2 aliphatic carbocycles. The molecule has 0 spiro atoms. The summed E-state index contributed by atoms with van der Waals surface area (Å²) in [5, 5.41) is 9.79. The summed E-state index contributed by atoms with van der Waals surface area (Å²) in [7, 11) is 0. The van der Waals surface area contributed by atoms with Gasteiger partial charge >= 0.3 is 5.97 Å². The van der Waals surface area contributed by atoms with Gasteiger partial charge in [-0.05, 0) is 56.3 Å². The minimum Gasteiger partial charge on any atom is -0.481 e. The summed E-state index contributed by atoms with van der Waals surface area (Å²) in [6, 6.07) is 0. The maximum atomic E-state index is 11.9. The van der Waals surface area contributed by atoms with Crippen LogP contribution in [0.3, 0.4) is 0 Å². The number of aliphatic carboxylic acids is 1. The zero-order chi connectivity index (χ0) is 13.6. The van der Waals surface area contributed by atoms with Gasteiger partial charge in [0, 0.05) is 0 Å². The van der Waals surface area contributed by atoms with E-state index in [1.165, 1.54) is 5.57 Å². The van der Waals surface area contributed by atoms with Crippen LogP contribution in [0.25, 0.3) is 0 Å². The van der Waals surface area contributed by atoms with Gasteiger partial charge in [0.2, 0.25) is 0 Å². The minimum atomic E-state index is -0.567. The third-order valence-electron chi connectivity index (χ3n) is 5.24. The molecule has 0 radical (unpaired) electrons. The van der Waals surface area contributed by atoms with Crippen molar-refractivity contribution in [3.8, 4) is 0 Å². The zero-order valence-corrected chi connectivity index (χ0v) is 12.1. The Morgan fingerprint density at radius 3 is 2.72 bits per heavy atom. The van der Waals surface area contributed by atoms with Crippen molar-refractivity contribution >= 4 is 5.97 Å². The number of fused-ring (bicyclic) bond motifs is 1. The van der Waals surface area contributed by atoms with Crippen molar-refractivity contribution in [2.75, 3.05) is 0 Å². The van der Waals surface area contributed by atoms with Crippen LogP contribution in [0, 0.1) is 22.7 Å². The van der Waals surface area contributed by atoms with Gasteiger partial charge in [0.05, 0.1) is 5.41 Å². The van der Waals surface area contributed by atoms with Crippen LogP contribution in [0.5, 0.6) is 0 Å². The standard InChI is InChI=1S/C16H26O2/c1-11-5-7-15(3,4)10-13-12(2)6-8-16(13,9-11)14(17)18/h5,12-13H,6-10H2,1-4H3,(H,17,18)/b11-5-/t12-,13+,16+/m1/s1. The Hall–Kier alpha value is -0.790. The molecule has 0 aromatic heterocycles. The van der Waals surface area contributed by atoms with Gasteiger partial charge in [-0.25, -0.2) is 0 Å². The fraction of sp³-hybridized carbons (Fsp3) is 0.812. The molecule has 102 valence electrons. The molecule has 0 aromatic carbocycles. The Bertz CT molecular complexity index is 381. The molecule has 0 amide bonds. The highest BCUT2D eigenvalue weighted by molar-refractivity contribution is 5.76. The van der Waals surface area contributed by atoms with E-state index in [4.69, 9.17) is 0 Å². The van der Waals surface area contributed by atoms with E-state index in [9.17, 15) is 9.90 Å². The first kappa shape index (κ1) is 13.6. The molecule has 0 unspecified atom stereocenters. The maximum absolute atomic E-state index is 11.9. The van der Waals surface area contributed by atoms with E-state index in [1.54, 1.807) is 0 Å². The summed E-state index contributed by atoms with van der Waals surface area (Å²) in [4.78, 5) is 11.9. The molecule has 2 nitrogen and oxygen atoms in total. The molecule has 2 rings (SSSR count). The molecular weight excluding hydrogens is 224 g/mol. The monoisotopic (exact) mass is 250 g/mol. The van der Waals surface area contributed by atoms with Crippen LogP contribution in [0.1, 0.15) is 59.8 Å². The minimum absolute atomic E-state index is 0.228. The molecule has 2 heteroatoms. The summed E-state index contributed by atoms with van der Waals surface area (Å²) in [6.45, 7) is 8.90. The average molecular weight is 250 g/mol. The Morgan fingerprint density at radius 2 is 2.11 bits per heavy atom. The molecule has 18 heavy (non-hydrogen) atoms. The maximum Gasteiger partial charge on any atom is 0.310 e. The van der Waals surface area contributed by atoms with Crippen molar-refractivity contribution in [2.24, 2.45) is 22.7 Å². The van der Waals surface area contributed by atoms with Gasteiger partial charge in [-0.3, -0.25) is 4.79 Å². The van der Waals surface area contributed by atoms with Crippen molar-refractivity contribution in [1.29, 1.82) is 0 Å². The molecule has 1 fully saturated rings. The summed E-state index contributed by atoms with van der Waals surface area (Å²) < 4.78 is 0. The second-order valence-electron chi connectivity index (χ2n) is 7.38. The molecule has 3 atom stereocenters. The van der Waals surface area contributed by atoms with Gasteiger partial charge in [-0.1, -0.05) is 32.4 Å². The highest BCUT2D eigenvalue weighted by atomic mass is 16.4. The normalized spacial score (nSPS) is 42.3. The first-order chi connectivity index (χ1) is 8.27. The predicted octanol–water partition coefficient (Wildman–Crippen LogP) is 4.26. The number of allylic oxidation sites excluding steroid dienone is 2. The highest BCUT2D eigenvalue weighted by Crippen LogP contribution is 2.56.